The minimum atomic E-state index is 0. The molecule has 0 unspecified atom stereocenters. The zero-order valence-corrected chi connectivity index (χ0v) is 18.2. The van der Waals surface area contributed by atoms with E-state index in [-0.39, 0.29) is 24.8 Å². The van der Waals surface area contributed by atoms with Gasteiger partial charge in [-0.05, 0) is 86.8 Å². The molecule has 3 rings (SSSR count). The van der Waals surface area contributed by atoms with E-state index >= 15 is 0 Å². The van der Waals surface area contributed by atoms with Crippen LogP contribution in [0.4, 0.5) is 0 Å². The molecule has 1 saturated heterocycles. The van der Waals surface area contributed by atoms with Gasteiger partial charge < -0.3 is 5.32 Å². The van der Waals surface area contributed by atoms with Crippen molar-refractivity contribution in [1.29, 1.82) is 0 Å². The minimum Gasteiger partial charge on any atom is -0.314 e. The number of nitrogens with one attached hydrogen (secondary N) is 1. The first-order valence-electron chi connectivity index (χ1n) is 9.54. The van der Waals surface area contributed by atoms with Crippen LogP contribution < -0.4 is 5.32 Å². The molecular weight excluding hydrogens is 351 g/mol. The van der Waals surface area contributed by atoms with E-state index in [2.05, 4.69) is 44.8 Å². The number of halogens is 2. The number of hydrogen-bond donors (Lipinski definition) is 1. The topological polar surface area (TPSA) is 15.3 Å². The van der Waals surface area contributed by atoms with Crippen molar-refractivity contribution in [2.24, 2.45) is 5.92 Å². The van der Waals surface area contributed by atoms with Crippen LogP contribution in [0, 0.1) is 40.5 Å². The van der Waals surface area contributed by atoms with Crippen molar-refractivity contribution in [1.82, 2.24) is 10.2 Å². The zero-order valence-electron chi connectivity index (χ0n) is 16.6. The number of nitrogens with zero attached hydrogens (tertiary/aromatic N) is 1. The van der Waals surface area contributed by atoms with E-state index in [9.17, 15) is 0 Å². The molecule has 25 heavy (non-hydrogen) atoms. The summed E-state index contributed by atoms with van der Waals surface area (Å²) in [5.41, 5.74) is 9.30. The van der Waals surface area contributed by atoms with E-state index in [1.54, 1.807) is 16.7 Å². The van der Waals surface area contributed by atoms with Gasteiger partial charge in [-0.3, -0.25) is 4.90 Å². The van der Waals surface area contributed by atoms with Gasteiger partial charge >= 0.3 is 0 Å². The Hall–Kier alpha value is -0.280. The summed E-state index contributed by atoms with van der Waals surface area (Å²) in [5, 5.41) is 3.53. The Labute approximate surface area is 167 Å². The second kappa shape index (κ2) is 9.60. The van der Waals surface area contributed by atoms with Crippen molar-refractivity contribution in [3.05, 3.63) is 33.4 Å². The first-order chi connectivity index (χ1) is 11.0. The molecule has 1 atom stereocenters. The van der Waals surface area contributed by atoms with Gasteiger partial charge in [0.25, 0.3) is 0 Å². The van der Waals surface area contributed by atoms with Crippen LogP contribution in [0.15, 0.2) is 0 Å². The van der Waals surface area contributed by atoms with E-state index in [0.29, 0.717) is 6.04 Å². The lowest BCUT2D eigenvalue weighted by Crippen LogP contribution is -2.47. The molecule has 1 aromatic carbocycles. The summed E-state index contributed by atoms with van der Waals surface area (Å²) < 4.78 is 0. The Morgan fingerprint density at radius 1 is 0.760 bits per heavy atom. The molecule has 2 fully saturated rings. The molecule has 1 aliphatic carbocycles. The number of rotatable bonds is 3. The van der Waals surface area contributed by atoms with Crippen molar-refractivity contribution in [2.75, 3.05) is 26.2 Å². The third-order valence-corrected chi connectivity index (χ3v) is 6.75. The SMILES string of the molecule is Cc1c(C)c(C)c([C@@H](C2CCCC2)N2CCNCC2)c(C)c1C.Cl.Cl. The molecule has 4 heteroatoms. The van der Waals surface area contributed by atoms with Gasteiger partial charge in [0.2, 0.25) is 0 Å². The molecule has 1 N–H and O–H groups in total. The lowest BCUT2D eigenvalue weighted by molar-refractivity contribution is 0.124. The number of hydrogen-bond acceptors (Lipinski definition) is 2. The molecule has 0 spiro atoms. The van der Waals surface area contributed by atoms with Gasteiger partial charge in [-0.15, -0.1) is 24.8 Å². The van der Waals surface area contributed by atoms with Crippen LogP contribution in [0.1, 0.15) is 65.1 Å². The molecule has 2 nitrogen and oxygen atoms in total. The van der Waals surface area contributed by atoms with Crippen LogP contribution in [0.2, 0.25) is 0 Å². The van der Waals surface area contributed by atoms with Gasteiger partial charge in [0, 0.05) is 32.2 Å². The van der Waals surface area contributed by atoms with Gasteiger partial charge in [0.1, 0.15) is 0 Å². The van der Waals surface area contributed by atoms with Gasteiger partial charge in [0.15, 0.2) is 0 Å². The predicted molar refractivity (Wildman–Crippen MR) is 114 cm³/mol. The summed E-state index contributed by atoms with van der Waals surface area (Å²) in [5.74, 6) is 0.854. The first-order valence-corrected chi connectivity index (χ1v) is 9.54. The molecule has 0 aromatic heterocycles. The first kappa shape index (κ1) is 22.8. The molecule has 0 bridgehead atoms. The summed E-state index contributed by atoms with van der Waals surface area (Å²) in [6, 6.07) is 0.637. The summed E-state index contributed by atoms with van der Waals surface area (Å²) in [4.78, 5) is 2.79. The largest absolute Gasteiger partial charge is 0.314 e. The standard InChI is InChI=1S/C21H34N2.2ClH/c1-14-15(2)17(4)20(18(5)16(14)3)21(19-8-6-7-9-19)23-12-10-22-11-13-23;;/h19,21-22H,6-13H2,1-5H3;2*1H/t21-;;/m1../s1. The van der Waals surface area contributed by atoms with E-state index in [0.717, 1.165) is 19.0 Å². The zero-order chi connectivity index (χ0) is 16.6. The van der Waals surface area contributed by atoms with Crippen molar-refractivity contribution < 1.29 is 0 Å². The lowest BCUT2D eigenvalue weighted by Gasteiger charge is -2.41. The van der Waals surface area contributed by atoms with Crippen LogP contribution >= 0.6 is 24.8 Å². The van der Waals surface area contributed by atoms with Crippen LogP contribution in [0.5, 0.6) is 0 Å². The maximum Gasteiger partial charge on any atom is 0.0382 e. The maximum absolute atomic E-state index is 3.53. The van der Waals surface area contributed by atoms with Gasteiger partial charge in [-0.25, -0.2) is 0 Å². The van der Waals surface area contributed by atoms with Crippen molar-refractivity contribution in [3.8, 4) is 0 Å². The smallest absolute Gasteiger partial charge is 0.0382 e. The Bertz CT molecular complexity index is 545. The molecule has 144 valence electrons. The van der Waals surface area contributed by atoms with Crippen molar-refractivity contribution in [3.63, 3.8) is 0 Å². The highest BCUT2D eigenvalue weighted by molar-refractivity contribution is 5.85. The van der Waals surface area contributed by atoms with Gasteiger partial charge in [-0.2, -0.15) is 0 Å². The molecule has 1 saturated carbocycles. The monoisotopic (exact) mass is 386 g/mol. The third kappa shape index (κ3) is 4.35. The van der Waals surface area contributed by atoms with E-state index < -0.39 is 0 Å². The Morgan fingerprint density at radius 3 is 1.68 bits per heavy atom. The summed E-state index contributed by atoms with van der Waals surface area (Å²) >= 11 is 0. The molecular formula is C21H36Cl2N2. The fraction of sp³-hybridized carbons (Fsp3) is 0.714. The van der Waals surface area contributed by atoms with E-state index in [1.165, 1.54) is 55.5 Å². The highest BCUT2D eigenvalue weighted by atomic mass is 35.5. The van der Waals surface area contributed by atoms with E-state index in [4.69, 9.17) is 0 Å². The normalized spacial score (nSPS) is 20.0. The van der Waals surface area contributed by atoms with Crippen LogP contribution in [-0.2, 0) is 0 Å². The van der Waals surface area contributed by atoms with Crippen LogP contribution in [-0.4, -0.2) is 31.1 Å². The summed E-state index contributed by atoms with van der Waals surface area (Å²) in [6.07, 6.45) is 5.68. The summed E-state index contributed by atoms with van der Waals surface area (Å²) in [7, 11) is 0. The third-order valence-electron chi connectivity index (χ3n) is 6.75. The quantitative estimate of drug-likeness (QED) is 0.766. The number of benzene rings is 1. The molecule has 1 aromatic rings. The Balaban J connectivity index is 0.00000156. The van der Waals surface area contributed by atoms with Crippen molar-refractivity contribution >= 4 is 24.8 Å². The fourth-order valence-electron chi connectivity index (χ4n) is 4.92. The molecule has 1 heterocycles. The van der Waals surface area contributed by atoms with Crippen LogP contribution in [0.25, 0.3) is 0 Å². The second-order valence-corrected chi connectivity index (χ2v) is 7.81. The predicted octanol–water partition coefficient (Wildman–Crippen LogP) is 5.21. The van der Waals surface area contributed by atoms with Gasteiger partial charge in [-0.1, -0.05) is 12.8 Å². The van der Waals surface area contributed by atoms with Crippen LogP contribution in [0.3, 0.4) is 0 Å². The average molecular weight is 387 g/mol. The lowest BCUT2D eigenvalue weighted by atomic mass is 9.80. The van der Waals surface area contributed by atoms with Crippen molar-refractivity contribution in [2.45, 2.75) is 66.3 Å². The van der Waals surface area contributed by atoms with Gasteiger partial charge in [0.05, 0.1) is 0 Å². The molecule has 0 amide bonds. The maximum atomic E-state index is 3.53. The summed E-state index contributed by atoms with van der Waals surface area (Å²) in [6.45, 7) is 16.4. The Morgan fingerprint density at radius 2 is 1.20 bits per heavy atom. The Kier molecular flexibility index (Phi) is 8.74. The average Bonchev–Trinajstić information content (AvgIpc) is 3.10. The minimum absolute atomic E-state index is 0. The molecule has 0 radical (unpaired) electrons. The number of piperazine rings is 1. The highest BCUT2D eigenvalue weighted by Gasteiger charge is 2.34. The second-order valence-electron chi connectivity index (χ2n) is 7.81. The highest BCUT2D eigenvalue weighted by Crippen LogP contribution is 2.43. The van der Waals surface area contributed by atoms with E-state index in [1.807, 2.05) is 0 Å². The fourth-order valence-corrected chi connectivity index (χ4v) is 4.92. The molecule has 1 aliphatic heterocycles. The molecule has 2 aliphatic rings.